The Hall–Kier alpha value is -0.640. The number of likely N-dealkylation sites (tertiary alicyclic amines) is 1. The summed E-state index contributed by atoms with van der Waals surface area (Å²) >= 11 is 3.66. The van der Waals surface area contributed by atoms with Crippen molar-refractivity contribution in [2.45, 2.75) is 45.1 Å². The van der Waals surface area contributed by atoms with E-state index in [2.05, 4.69) is 52.4 Å². The van der Waals surface area contributed by atoms with Gasteiger partial charge in [-0.05, 0) is 90.0 Å². The molecule has 3 rings (SSSR count). The van der Waals surface area contributed by atoms with Crippen LogP contribution in [0.15, 0.2) is 33.7 Å². The molecule has 1 aliphatic heterocycles. The second-order valence-electron chi connectivity index (χ2n) is 6.22. The average molecular weight is 320 g/mol. The van der Waals surface area contributed by atoms with Gasteiger partial charge in [-0.25, -0.2) is 0 Å². The number of rotatable bonds is 5. The van der Waals surface area contributed by atoms with Gasteiger partial charge in [-0.2, -0.15) is 22.7 Å². The Bertz CT molecular complexity index is 475. The highest BCUT2D eigenvalue weighted by Gasteiger charge is 2.30. The maximum atomic E-state index is 2.68. The number of hydrogen-bond acceptors (Lipinski definition) is 3. The van der Waals surface area contributed by atoms with Gasteiger partial charge in [-0.1, -0.05) is 6.92 Å². The fourth-order valence-electron chi connectivity index (χ4n) is 3.59. The molecule has 3 heteroatoms. The zero-order valence-corrected chi connectivity index (χ0v) is 14.6. The van der Waals surface area contributed by atoms with Crippen molar-refractivity contribution in [3.63, 3.8) is 0 Å². The molecule has 21 heavy (non-hydrogen) atoms. The lowest BCUT2D eigenvalue weighted by Gasteiger charge is -2.38. The zero-order valence-electron chi connectivity index (χ0n) is 13.0. The summed E-state index contributed by atoms with van der Waals surface area (Å²) < 4.78 is 0. The number of nitrogens with zero attached hydrogens (tertiary/aromatic N) is 1. The first-order valence-electron chi connectivity index (χ1n) is 8.07. The van der Waals surface area contributed by atoms with Crippen LogP contribution in [0.4, 0.5) is 0 Å². The van der Waals surface area contributed by atoms with E-state index in [-0.39, 0.29) is 0 Å². The molecular weight excluding hydrogens is 294 g/mol. The summed E-state index contributed by atoms with van der Waals surface area (Å²) in [6.07, 6.45) is 3.94. The van der Waals surface area contributed by atoms with Crippen LogP contribution < -0.4 is 0 Å². The smallest absolute Gasteiger partial charge is 0.0135 e. The van der Waals surface area contributed by atoms with Gasteiger partial charge >= 0.3 is 0 Å². The van der Waals surface area contributed by atoms with Crippen LogP contribution in [-0.2, 0) is 0 Å². The van der Waals surface area contributed by atoms with Gasteiger partial charge in [0, 0.05) is 12.0 Å². The molecule has 1 fully saturated rings. The van der Waals surface area contributed by atoms with Crippen LogP contribution in [0.5, 0.6) is 0 Å². The largest absolute Gasteiger partial charge is 0.301 e. The van der Waals surface area contributed by atoms with Gasteiger partial charge in [0.15, 0.2) is 0 Å². The molecule has 2 aromatic heterocycles. The van der Waals surface area contributed by atoms with Crippen LogP contribution >= 0.6 is 22.7 Å². The summed E-state index contributed by atoms with van der Waals surface area (Å²) in [4.78, 5) is 2.68. The minimum Gasteiger partial charge on any atom is -0.301 e. The molecule has 0 N–H and O–H groups in total. The van der Waals surface area contributed by atoms with Crippen LogP contribution in [0.25, 0.3) is 0 Å². The van der Waals surface area contributed by atoms with Crippen LogP contribution in [0.3, 0.4) is 0 Å². The lowest BCUT2D eigenvalue weighted by atomic mass is 9.77. The molecular formula is C18H25NS2. The lowest BCUT2D eigenvalue weighted by molar-refractivity contribution is 0.132. The van der Waals surface area contributed by atoms with Crippen LogP contribution in [0.1, 0.15) is 50.2 Å². The van der Waals surface area contributed by atoms with Gasteiger partial charge < -0.3 is 4.90 Å². The van der Waals surface area contributed by atoms with E-state index >= 15 is 0 Å². The molecule has 0 saturated carbocycles. The SMILES string of the molecule is CCC(C)N1CCC(C(c2ccsc2)c2ccsc2)CC1. The molecule has 1 nitrogen and oxygen atoms in total. The molecule has 1 aliphatic rings. The molecule has 0 aromatic carbocycles. The molecule has 1 unspecified atom stereocenters. The van der Waals surface area contributed by atoms with Crippen LogP contribution in [-0.4, -0.2) is 24.0 Å². The van der Waals surface area contributed by atoms with Crippen molar-refractivity contribution in [2.24, 2.45) is 5.92 Å². The van der Waals surface area contributed by atoms with Crippen molar-refractivity contribution < 1.29 is 0 Å². The summed E-state index contributed by atoms with van der Waals surface area (Å²) in [6, 6.07) is 5.40. The first-order valence-corrected chi connectivity index (χ1v) is 9.96. The summed E-state index contributed by atoms with van der Waals surface area (Å²) in [5, 5.41) is 9.15. The molecule has 0 radical (unpaired) electrons. The number of piperidine rings is 1. The highest BCUT2D eigenvalue weighted by atomic mass is 32.1. The molecule has 0 bridgehead atoms. The van der Waals surface area contributed by atoms with Gasteiger partial charge in [0.1, 0.15) is 0 Å². The minimum absolute atomic E-state index is 0.613. The van der Waals surface area contributed by atoms with E-state index in [1.165, 1.54) is 43.5 Å². The van der Waals surface area contributed by atoms with E-state index in [1.54, 1.807) is 0 Å². The van der Waals surface area contributed by atoms with E-state index in [0.29, 0.717) is 5.92 Å². The third-order valence-corrected chi connectivity index (χ3v) is 6.47. The maximum absolute atomic E-state index is 2.68. The molecule has 114 valence electrons. The van der Waals surface area contributed by atoms with E-state index in [0.717, 1.165) is 12.0 Å². The minimum atomic E-state index is 0.613. The fourth-order valence-corrected chi connectivity index (χ4v) is 4.99. The van der Waals surface area contributed by atoms with E-state index < -0.39 is 0 Å². The molecule has 0 amide bonds. The fraction of sp³-hybridized carbons (Fsp3) is 0.556. The Morgan fingerprint density at radius 3 is 2.10 bits per heavy atom. The van der Waals surface area contributed by atoms with Crippen molar-refractivity contribution >= 4 is 22.7 Å². The van der Waals surface area contributed by atoms with Crippen molar-refractivity contribution in [3.8, 4) is 0 Å². The van der Waals surface area contributed by atoms with E-state index in [4.69, 9.17) is 0 Å². The molecule has 0 spiro atoms. The highest BCUT2D eigenvalue weighted by Crippen LogP contribution is 2.39. The predicted octanol–water partition coefficient (Wildman–Crippen LogP) is 5.45. The Kier molecular flexibility index (Phi) is 5.15. The summed E-state index contributed by atoms with van der Waals surface area (Å²) in [6.45, 7) is 7.21. The normalized spacial score (nSPS) is 19.2. The number of hydrogen-bond donors (Lipinski definition) is 0. The average Bonchev–Trinajstić information content (AvgIpc) is 3.21. The van der Waals surface area contributed by atoms with Gasteiger partial charge in [0.25, 0.3) is 0 Å². The Morgan fingerprint density at radius 1 is 1.10 bits per heavy atom. The molecule has 1 saturated heterocycles. The topological polar surface area (TPSA) is 3.24 Å². The van der Waals surface area contributed by atoms with Gasteiger partial charge in [0.2, 0.25) is 0 Å². The molecule has 3 heterocycles. The van der Waals surface area contributed by atoms with E-state index in [1.807, 2.05) is 22.7 Å². The highest BCUT2D eigenvalue weighted by molar-refractivity contribution is 7.08. The maximum Gasteiger partial charge on any atom is 0.0135 e. The second-order valence-corrected chi connectivity index (χ2v) is 7.78. The Labute approximate surface area is 136 Å². The summed E-state index contributed by atoms with van der Waals surface area (Å²) in [5.74, 6) is 1.41. The molecule has 0 aliphatic carbocycles. The van der Waals surface area contributed by atoms with Crippen molar-refractivity contribution in [3.05, 3.63) is 44.8 Å². The number of thiophene rings is 2. The van der Waals surface area contributed by atoms with Crippen molar-refractivity contribution in [1.82, 2.24) is 4.90 Å². The quantitative estimate of drug-likeness (QED) is 0.708. The first-order chi connectivity index (χ1) is 10.3. The third-order valence-electron chi connectivity index (χ3n) is 5.06. The first kappa shape index (κ1) is 15.3. The standard InChI is InChI=1S/C18H25NS2/c1-3-14(2)19-8-4-15(5-9-19)18(16-6-10-20-12-16)17-7-11-21-13-17/h6-7,10-15,18H,3-5,8-9H2,1-2H3. The summed E-state index contributed by atoms with van der Waals surface area (Å²) in [5.41, 5.74) is 3.06. The van der Waals surface area contributed by atoms with Crippen LogP contribution in [0.2, 0.25) is 0 Å². The third kappa shape index (κ3) is 3.41. The molecule has 1 atom stereocenters. The molecule has 2 aromatic rings. The van der Waals surface area contributed by atoms with Crippen LogP contribution in [0, 0.1) is 5.92 Å². The Balaban J connectivity index is 1.74. The van der Waals surface area contributed by atoms with Gasteiger partial charge in [0.05, 0.1) is 0 Å². The van der Waals surface area contributed by atoms with Gasteiger partial charge in [-0.3, -0.25) is 0 Å². The second kappa shape index (κ2) is 7.08. The predicted molar refractivity (Wildman–Crippen MR) is 94.5 cm³/mol. The monoisotopic (exact) mass is 319 g/mol. The van der Waals surface area contributed by atoms with Gasteiger partial charge in [-0.15, -0.1) is 0 Å². The zero-order chi connectivity index (χ0) is 14.7. The summed E-state index contributed by atoms with van der Waals surface area (Å²) in [7, 11) is 0. The van der Waals surface area contributed by atoms with E-state index in [9.17, 15) is 0 Å². The lowest BCUT2D eigenvalue weighted by Crippen LogP contribution is -2.40. The van der Waals surface area contributed by atoms with Crippen molar-refractivity contribution in [2.75, 3.05) is 13.1 Å². The van der Waals surface area contributed by atoms with Crippen molar-refractivity contribution in [1.29, 1.82) is 0 Å². The Morgan fingerprint density at radius 2 is 1.67 bits per heavy atom.